The third-order valence-corrected chi connectivity index (χ3v) is 4.39. The molecule has 0 radical (unpaired) electrons. The van der Waals surface area contributed by atoms with Crippen LogP contribution < -0.4 is 0 Å². The van der Waals surface area contributed by atoms with Crippen LogP contribution in [0.3, 0.4) is 0 Å². The summed E-state index contributed by atoms with van der Waals surface area (Å²) in [5.74, 6) is 0.682. The fourth-order valence-electron chi connectivity index (χ4n) is 3.23. The molecule has 0 fully saturated rings. The average Bonchev–Trinajstić information content (AvgIpc) is 2.97. The van der Waals surface area contributed by atoms with E-state index in [1.165, 1.54) is 11.1 Å². The molecular weight excluding hydrogens is 260 g/mol. The van der Waals surface area contributed by atoms with E-state index in [2.05, 4.69) is 18.2 Å². The average molecular weight is 276 g/mol. The summed E-state index contributed by atoms with van der Waals surface area (Å²) >= 11 is 0. The van der Waals surface area contributed by atoms with Crippen LogP contribution in [0.25, 0.3) is 11.0 Å². The number of para-hydroxylation sites is 1. The monoisotopic (exact) mass is 276 g/mol. The van der Waals surface area contributed by atoms with Gasteiger partial charge in [-0.05, 0) is 42.5 Å². The zero-order valence-electron chi connectivity index (χ0n) is 11.7. The number of carbonyl (C=O) groups excluding carboxylic acids is 1. The molecule has 2 aromatic carbocycles. The van der Waals surface area contributed by atoms with Crippen LogP contribution in [0.1, 0.15) is 28.1 Å². The van der Waals surface area contributed by atoms with Gasteiger partial charge in [-0.25, -0.2) is 0 Å². The molecule has 21 heavy (non-hydrogen) atoms. The van der Waals surface area contributed by atoms with Crippen LogP contribution in [-0.4, -0.2) is 5.78 Å². The van der Waals surface area contributed by atoms with E-state index in [0.717, 1.165) is 30.2 Å². The number of Topliss-reactive ketones (excluding diaryl/α,β-unsaturated/α-hetero) is 1. The highest BCUT2D eigenvalue weighted by Crippen LogP contribution is 2.29. The van der Waals surface area contributed by atoms with E-state index in [-0.39, 0.29) is 11.7 Å². The standard InChI is InChI=1S/C19H16O2/c20-19(18-12-15-7-3-4-8-17(15)21-18)16-10-9-13-5-1-2-6-14(13)11-16/h1-8,12,16H,9-11H2. The van der Waals surface area contributed by atoms with Crippen LogP contribution in [0.15, 0.2) is 59.0 Å². The molecule has 1 aliphatic carbocycles. The lowest BCUT2D eigenvalue weighted by Gasteiger charge is -2.22. The molecule has 1 atom stereocenters. The second-order valence-electron chi connectivity index (χ2n) is 5.72. The van der Waals surface area contributed by atoms with Gasteiger partial charge in [-0.3, -0.25) is 4.79 Å². The Kier molecular flexibility index (Phi) is 2.88. The topological polar surface area (TPSA) is 30.2 Å². The van der Waals surface area contributed by atoms with E-state index in [9.17, 15) is 4.79 Å². The third-order valence-electron chi connectivity index (χ3n) is 4.39. The van der Waals surface area contributed by atoms with E-state index in [0.29, 0.717) is 5.76 Å². The molecule has 104 valence electrons. The number of rotatable bonds is 2. The number of carbonyl (C=O) groups is 1. The van der Waals surface area contributed by atoms with Gasteiger partial charge >= 0.3 is 0 Å². The molecule has 0 N–H and O–H groups in total. The highest BCUT2D eigenvalue weighted by Gasteiger charge is 2.27. The first-order chi connectivity index (χ1) is 10.3. The maximum atomic E-state index is 12.7. The van der Waals surface area contributed by atoms with E-state index < -0.39 is 0 Å². The van der Waals surface area contributed by atoms with Gasteiger partial charge in [0.1, 0.15) is 5.58 Å². The van der Waals surface area contributed by atoms with Gasteiger partial charge in [0.25, 0.3) is 0 Å². The Morgan fingerprint density at radius 2 is 1.76 bits per heavy atom. The largest absolute Gasteiger partial charge is 0.453 e. The summed E-state index contributed by atoms with van der Waals surface area (Å²) in [5, 5.41) is 0.997. The van der Waals surface area contributed by atoms with Gasteiger partial charge < -0.3 is 4.42 Å². The van der Waals surface area contributed by atoms with Crippen molar-refractivity contribution in [2.45, 2.75) is 19.3 Å². The minimum Gasteiger partial charge on any atom is -0.453 e. The summed E-state index contributed by atoms with van der Waals surface area (Å²) in [7, 11) is 0. The first kappa shape index (κ1) is 12.4. The number of hydrogen-bond acceptors (Lipinski definition) is 2. The van der Waals surface area contributed by atoms with Crippen molar-refractivity contribution >= 4 is 16.8 Å². The van der Waals surface area contributed by atoms with Crippen LogP contribution in [0.4, 0.5) is 0 Å². The molecule has 1 unspecified atom stereocenters. The predicted molar refractivity (Wildman–Crippen MR) is 82.5 cm³/mol. The van der Waals surface area contributed by atoms with Crippen molar-refractivity contribution in [1.29, 1.82) is 0 Å². The van der Waals surface area contributed by atoms with Crippen LogP contribution in [0.5, 0.6) is 0 Å². The quantitative estimate of drug-likeness (QED) is 0.648. The Bertz CT molecular complexity index is 780. The molecule has 0 amide bonds. The molecule has 0 bridgehead atoms. The molecule has 2 nitrogen and oxygen atoms in total. The van der Waals surface area contributed by atoms with Crippen LogP contribution >= 0.6 is 0 Å². The van der Waals surface area contributed by atoms with Gasteiger partial charge in [0.15, 0.2) is 5.76 Å². The predicted octanol–water partition coefficient (Wildman–Crippen LogP) is 4.42. The van der Waals surface area contributed by atoms with Gasteiger partial charge in [0, 0.05) is 11.3 Å². The molecule has 0 saturated carbocycles. The SMILES string of the molecule is O=C(c1cc2ccccc2o1)C1CCc2ccccc2C1. The van der Waals surface area contributed by atoms with Gasteiger partial charge in [-0.2, -0.15) is 0 Å². The summed E-state index contributed by atoms with van der Waals surface area (Å²) in [6.45, 7) is 0. The maximum absolute atomic E-state index is 12.7. The highest BCUT2D eigenvalue weighted by molar-refractivity contribution is 5.99. The molecule has 0 saturated heterocycles. The number of fused-ring (bicyclic) bond motifs is 2. The van der Waals surface area contributed by atoms with Crippen LogP contribution in [0.2, 0.25) is 0 Å². The second kappa shape index (κ2) is 4.88. The molecule has 3 aromatic rings. The third kappa shape index (κ3) is 2.17. The summed E-state index contributed by atoms with van der Waals surface area (Å²) in [5.41, 5.74) is 3.47. The molecule has 1 aromatic heterocycles. The zero-order chi connectivity index (χ0) is 14.2. The highest BCUT2D eigenvalue weighted by atomic mass is 16.3. The molecule has 1 aliphatic rings. The van der Waals surface area contributed by atoms with Crippen molar-refractivity contribution in [3.8, 4) is 0 Å². The van der Waals surface area contributed by atoms with Crippen molar-refractivity contribution < 1.29 is 9.21 Å². The minimum absolute atomic E-state index is 0.0421. The van der Waals surface area contributed by atoms with Crippen molar-refractivity contribution in [3.63, 3.8) is 0 Å². The minimum atomic E-state index is 0.0421. The van der Waals surface area contributed by atoms with Crippen molar-refractivity contribution in [1.82, 2.24) is 0 Å². The van der Waals surface area contributed by atoms with E-state index in [4.69, 9.17) is 4.42 Å². The van der Waals surface area contributed by atoms with Crippen LogP contribution in [-0.2, 0) is 12.8 Å². The number of benzene rings is 2. The zero-order valence-corrected chi connectivity index (χ0v) is 11.7. The molecule has 1 heterocycles. The number of hydrogen-bond donors (Lipinski definition) is 0. The molecule has 0 aliphatic heterocycles. The fourth-order valence-corrected chi connectivity index (χ4v) is 3.23. The van der Waals surface area contributed by atoms with Crippen molar-refractivity contribution in [2.75, 3.05) is 0 Å². The Morgan fingerprint density at radius 3 is 2.62 bits per heavy atom. The van der Waals surface area contributed by atoms with Gasteiger partial charge in [-0.15, -0.1) is 0 Å². The normalized spacial score (nSPS) is 17.6. The Hall–Kier alpha value is -2.35. The molecule has 2 heteroatoms. The Balaban J connectivity index is 1.63. The summed E-state index contributed by atoms with van der Waals surface area (Å²) in [6, 6.07) is 18.1. The lowest BCUT2D eigenvalue weighted by molar-refractivity contribution is 0.0882. The lowest BCUT2D eigenvalue weighted by atomic mass is 9.81. The van der Waals surface area contributed by atoms with Crippen molar-refractivity contribution in [2.24, 2.45) is 5.92 Å². The summed E-state index contributed by atoms with van der Waals surface area (Å²) in [6.07, 6.45) is 2.71. The van der Waals surface area contributed by atoms with Gasteiger partial charge in [-0.1, -0.05) is 42.5 Å². The maximum Gasteiger partial charge on any atom is 0.201 e. The van der Waals surface area contributed by atoms with Crippen molar-refractivity contribution in [3.05, 3.63) is 71.5 Å². The Morgan fingerprint density at radius 1 is 1.00 bits per heavy atom. The first-order valence-electron chi connectivity index (χ1n) is 7.41. The lowest BCUT2D eigenvalue weighted by Crippen LogP contribution is -2.22. The number of ketones is 1. The Labute approximate surface area is 123 Å². The molecular formula is C19H16O2. The second-order valence-corrected chi connectivity index (χ2v) is 5.72. The van der Waals surface area contributed by atoms with E-state index >= 15 is 0 Å². The molecule has 0 spiro atoms. The number of aryl methyl sites for hydroxylation is 1. The molecule has 4 rings (SSSR count). The first-order valence-corrected chi connectivity index (χ1v) is 7.41. The number of furan rings is 1. The van der Waals surface area contributed by atoms with Crippen LogP contribution in [0, 0.1) is 5.92 Å². The van der Waals surface area contributed by atoms with E-state index in [1.54, 1.807) is 0 Å². The van der Waals surface area contributed by atoms with Gasteiger partial charge in [0.2, 0.25) is 5.78 Å². The smallest absolute Gasteiger partial charge is 0.201 e. The summed E-state index contributed by atoms with van der Waals surface area (Å²) < 4.78 is 5.72. The fraction of sp³-hybridized carbons (Fsp3) is 0.211. The van der Waals surface area contributed by atoms with Gasteiger partial charge in [0.05, 0.1) is 0 Å². The van der Waals surface area contributed by atoms with E-state index in [1.807, 2.05) is 36.4 Å². The summed E-state index contributed by atoms with van der Waals surface area (Å²) in [4.78, 5) is 12.7.